The fourth-order valence-electron chi connectivity index (χ4n) is 1.57. The molecule has 1 aromatic rings. The average Bonchev–Trinajstić information content (AvgIpc) is 2.38. The molecule has 1 rings (SSSR count). The van der Waals surface area contributed by atoms with Gasteiger partial charge in [-0.2, -0.15) is 0 Å². The minimum absolute atomic E-state index is 0.0101. The Morgan fingerprint density at radius 1 is 1.15 bits per heavy atom. The third-order valence-electron chi connectivity index (χ3n) is 2.59. The fraction of sp³-hybridized carbons (Fsp3) is 0.385. The van der Waals surface area contributed by atoms with Crippen LogP contribution in [-0.4, -0.2) is 31.8 Å². The van der Waals surface area contributed by atoms with Gasteiger partial charge in [-0.3, -0.25) is 9.59 Å². The first kappa shape index (κ1) is 16.3. The number of ketones is 1. The monoisotopic (exact) mass is 299 g/mol. The van der Waals surface area contributed by atoms with Gasteiger partial charge in [-0.15, -0.1) is 0 Å². The van der Waals surface area contributed by atoms with Crippen LogP contribution in [0.15, 0.2) is 29.2 Å². The van der Waals surface area contributed by atoms with E-state index in [1.165, 1.54) is 24.3 Å². The van der Waals surface area contributed by atoms with Crippen LogP contribution in [0.2, 0.25) is 0 Å². The summed E-state index contributed by atoms with van der Waals surface area (Å²) in [5.74, 6) is -1.11. The summed E-state index contributed by atoms with van der Waals surface area (Å²) in [5.41, 5.74) is 0.469. The number of carbonyl (C=O) groups is 2. The van der Waals surface area contributed by atoms with Crippen molar-refractivity contribution < 1.29 is 23.1 Å². The number of carboxylic acids is 1. The number of sulfonamides is 1. The summed E-state index contributed by atoms with van der Waals surface area (Å²) in [6.45, 7) is 1.72. The topological polar surface area (TPSA) is 101 Å². The van der Waals surface area contributed by atoms with Crippen LogP contribution < -0.4 is 4.72 Å². The van der Waals surface area contributed by atoms with Gasteiger partial charge in [0.25, 0.3) is 0 Å². The maximum atomic E-state index is 11.8. The molecule has 20 heavy (non-hydrogen) atoms. The van der Waals surface area contributed by atoms with Crippen molar-refractivity contribution in [3.05, 3.63) is 29.8 Å². The fourth-order valence-corrected chi connectivity index (χ4v) is 2.60. The van der Waals surface area contributed by atoms with Crippen LogP contribution in [0.4, 0.5) is 0 Å². The number of hydrogen-bond acceptors (Lipinski definition) is 4. The first-order valence-corrected chi connectivity index (χ1v) is 7.70. The van der Waals surface area contributed by atoms with Gasteiger partial charge in [0.1, 0.15) is 0 Å². The Hall–Kier alpha value is -1.73. The molecule has 0 aliphatic rings. The first-order valence-electron chi connectivity index (χ1n) is 6.21. The van der Waals surface area contributed by atoms with Gasteiger partial charge in [-0.25, -0.2) is 13.1 Å². The Labute approximate surface area is 117 Å². The van der Waals surface area contributed by atoms with Crippen LogP contribution in [0.5, 0.6) is 0 Å². The zero-order valence-electron chi connectivity index (χ0n) is 11.1. The highest BCUT2D eigenvalue weighted by atomic mass is 32.2. The predicted molar refractivity (Wildman–Crippen MR) is 73.1 cm³/mol. The lowest BCUT2D eigenvalue weighted by Gasteiger charge is -2.06. The summed E-state index contributed by atoms with van der Waals surface area (Å²) in [5, 5.41) is 8.46. The SMILES string of the molecule is CCCC(=O)c1ccc(S(=O)(=O)NCCC(=O)O)cc1. The molecule has 0 amide bonds. The van der Waals surface area contributed by atoms with Crippen LogP contribution in [0.3, 0.4) is 0 Å². The van der Waals surface area contributed by atoms with E-state index in [0.29, 0.717) is 12.0 Å². The molecule has 2 N–H and O–H groups in total. The largest absolute Gasteiger partial charge is 0.481 e. The van der Waals surface area contributed by atoms with E-state index in [1.807, 2.05) is 6.92 Å². The molecule has 0 aliphatic heterocycles. The molecule has 0 aromatic heterocycles. The van der Waals surface area contributed by atoms with Crippen molar-refractivity contribution in [1.29, 1.82) is 0 Å². The lowest BCUT2D eigenvalue weighted by molar-refractivity contribution is -0.136. The number of carboxylic acid groups (broad SMARTS) is 1. The minimum atomic E-state index is -3.74. The van der Waals surface area contributed by atoms with E-state index in [1.54, 1.807) is 0 Å². The van der Waals surface area contributed by atoms with Crippen molar-refractivity contribution in [3.8, 4) is 0 Å². The highest BCUT2D eigenvalue weighted by Crippen LogP contribution is 2.12. The summed E-state index contributed by atoms with van der Waals surface area (Å²) in [4.78, 5) is 22.0. The zero-order valence-corrected chi connectivity index (χ0v) is 11.9. The molecule has 0 saturated heterocycles. The Kier molecular flexibility index (Phi) is 5.84. The molecule has 0 fully saturated rings. The van der Waals surface area contributed by atoms with Crippen LogP contribution in [0, 0.1) is 0 Å². The highest BCUT2D eigenvalue weighted by Gasteiger charge is 2.14. The van der Waals surface area contributed by atoms with E-state index in [9.17, 15) is 18.0 Å². The van der Waals surface area contributed by atoms with Gasteiger partial charge in [-0.1, -0.05) is 19.1 Å². The van der Waals surface area contributed by atoms with E-state index in [0.717, 1.165) is 6.42 Å². The number of nitrogens with one attached hydrogen (secondary N) is 1. The molecule has 0 bridgehead atoms. The quantitative estimate of drug-likeness (QED) is 0.707. The van der Waals surface area contributed by atoms with E-state index >= 15 is 0 Å². The third-order valence-corrected chi connectivity index (χ3v) is 4.07. The number of benzene rings is 1. The number of Topliss-reactive ketones (excluding diaryl/α,β-unsaturated/α-hetero) is 1. The Balaban J connectivity index is 2.76. The molecular weight excluding hydrogens is 282 g/mol. The Morgan fingerprint density at radius 2 is 1.75 bits per heavy atom. The van der Waals surface area contributed by atoms with Crippen LogP contribution in [-0.2, 0) is 14.8 Å². The van der Waals surface area contributed by atoms with Crippen molar-refractivity contribution in [2.75, 3.05) is 6.54 Å². The molecule has 0 spiro atoms. The van der Waals surface area contributed by atoms with Gasteiger partial charge in [-0.05, 0) is 18.6 Å². The molecule has 6 nitrogen and oxygen atoms in total. The maximum absolute atomic E-state index is 11.8. The molecule has 0 aliphatic carbocycles. The molecule has 110 valence electrons. The maximum Gasteiger partial charge on any atom is 0.304 e. The summed E-state index contributed by atoms with van der Waals surface area (Å²) < 4.78 is 25.9. The molecule has 1 aromatic carbocycles. The molecule has 0 atom stereocenters. The van der Waals surface area contributed by atoms with Gasteiger partial charge in [0.05, 0.1) is 11.3 Å². The summed E-state index contributed by atoms with van der Waals surface area (Å²) in [6, 6.07) is 5.60. The third kappa shape index (κ3) is 4.75. The lowest BCUT2D eigenvalue weighted by Crippen LogP contribution is -2.26. The minimum Gasteiger partial charge on any atom is -0.481 e. The smallest absolute Gasteiger partial charge is 0.304 e. The van der Waals surface area contributed by atoms with Gasteiger partial charge in [0, 0.05) is 18.5 Å². The molecular formula is C13H17NO5S. The van der Waals surface area contributed by atoms with Crippen LogP contribution in [0.25, 0.3) is 0 Å². The summed E-state index contributed by atoms with van der Waals surface area (Å²) >= 11 is 0. The average molecular weight is 299 g/mol. The number of aliphatic carboxylic acids is 1. The van der Waals surface area contributed by atoms with Gasteiger partial charge in [0.15, 0.2) is 5.78 Å². The number of hydrogen-bond donors (Lipinski definition) is 2. The second kappa shape index (κ2) is 7.16. The molecule has 0 heterocycles. The summed E-state index contributed by atoms with van der Waals surface area (Å²) in [6.07, 6.45) is 0.866. The van der Waals surface area contributed by atoms with Crippen molar-refractivity contribution in [3.63, 3.8) is 0 Å². The Morgan fingerprint density at radius 3 is 2.25 bits per heavy atom. The standard InChI is InChI=1S/C13H17NO5S/c1-2-3-12(15)10-4-6-11(7-5-10)20(18,19)14-9-8-13(16)17/h4-7,14H,2-3,8-9H2,1H3,(H,16,17). The normalized spacial score (nSPS) is 11.2. The zero-order chi connectivity index (χ0) is 15.2. The van der Waals surface area contributed by atoms with Crippen LogP contribution in [0.1, 0.15) is 36.5 Å². The number of rotatable bonds is 8. The van der Waals surface area contributed by atoms with E-state index in [-0.39, 0.29) is 23.6 Å². The van der Waals surface area contributed by atoms with Crippen molar-refractivity contribution in [2.24, 2.45) is 0 Å². The van der Waals surface area contributed by atoms with E-state index in [2.05, 4.69) is 4.72 Å². The second-order valence-electron chi connectivity index (χ2n) is 4.24. The van der Waals surface area contributed by atoms with Crippen molar-refractivity contribution in [1.82, 2.24) is 4.72 Å². The van der Waals surface area contributed by atoms with Crippen molar-refractivity contribution >= 4 is 21.8 Å². The van der Waals surface area contributed by atoms with Crippen molar-refractivity contribution in [2.45, 2.75) is 31.1 Å². The Bertz CT molecular complexity index is 577. The summed E-state index contributed by atoms with van der Waals surface area (Å²) in [7, 11) is -3.74. The molecule has 0 radical (unpaired) electrons. The van der Waals surface area contributed by atoms with Gasteiger partial charge < -0.3 is 5.11 Å². The van der Waals surface area contributed by atoms with Gasteiger partial charge in [0.2, 0.25) is 10.0 Å². The van der Waals surface area contributed by atoms with Crippen LogP contribution >= 0.6 is 0 Å². The second-order valence-corrected chi connectivity index (χ2v) is 6.01. The van der Waals surface area contributed by atoms with Gasteiger partial charge >= 0.3 is 5.97 Å². The molecule has 7 heteroatoms. The lowest BCUT2D eigenvalue weighted by atomic mass is 10.1. The van der Waals surface area contributed by atoms with E-state index < -0.39 is 16.0 Å². The highest BCUT2D eigenvalue weighted by molar-refractivity contribution is 7.89. The molecule has 0 saturated carbocycles. The predicted octanol–water partition coefficient (Wildman–Crippen LogP) is 1.42. The molecule has 0 unspecified atom stereocenters. The number of carbonyl (C=O) groups excluding carboxylic acids is 1. The van der Waals surface area contributed by atoms with E-state index in [4.69, 9.17) is 5.11 Å². The first-order chi connectivity index (χ1) is 9.36.